The first-order valence-electron chi connectivity index (χ1n) is 7.43. The largest absolute Gasteiger partial charge is 0.328 e. The number of nitrogens with zero attached hydrogens (tertiary/aromatic N) is 2. The minimum absolute atomic E-state index is 0.0817. The number of benzene rings is 2. The number of hydrogen-bond donors (Lipinski definition) is 1. The Bertz CT molecular complexity index is 980. The molecule has 1 amide bonds. The number of amides is 1. The van der Waals surface area contributed by atoms with Gasteiger partial charge in [-0.1, -0.05) is 18.2 Å². The number of nitrogens with one attached hydrogen (secondary N) is 1. The Hall–Kier alpha value is -2.82. The van der Waals surface area contributed by atoms with Crippen LogP contribution in [-0.2, 0) is 14.1 Å². The van der Waals surface area contributed by atoms with Crippen molar-refractivity contribution in [3.8, 4) is 0 Å². The minimum atomic E-state index is -0.147. The van der Waals surface area contributed by atoms with E-state index < -0.39 is 0 Å². The maximum Gasteiger partial charge on any atom is 0.328 e. The fourth-order valence-electron chi connectivity index (χ4n) is 2.80. The Kier molecular flexibility index (Phi) is 3.56. The lowest BCUT2D eigenvalue weighted by molar-refractivity contribution is 0.102. The number of fused-ring (bicyclic) bond motifs is 1. The molecule has 0 saturated heterocycles. The van der Waals surface area contributed by atoms with Crippen LogP contribution in [0.1, 0.15) is 21.5 Å². The number of aryl methyl sites for hydroxylation is 4. The Balaban J connectivity index is 2.05. The van der Waals surface area contributed by atoms with Crippen LogP contribution >= 0.6 is 0 Å². The molecule has 0 radical (unpaired) electrons. The zero-order chi connectivity index (χ0) is 16.7. The summed E-state index contributed by atoms with van der Waals surface area (Å²) in [7, 11) is 3.47. The van der Waals surface area contributed by atoms with Crippen molar-refractivity contribution in [2.24, 2.45) is 14.1 Å². The topological polar surface area (TPSA) is 56.0 Å². The summed E-state index contributed by atoms with van der Waals surface area (Å²) < 4.78 is 3.19. The monoisotopic (exact) mass is 309 g/mol. The molecule has 5 heteroatoms. The fourth-order valence-corrected chi connectivity index (χ4v) is 2.80. The summed E-state index contributed by atoms with van der Waals surface area (Å²) in [5.41, 5.74) is 4.77. The third kappa shape index (κ3) is 2.44. The summed E-state index contributed by atoms with van der Waals surface area (Å²) in [5.74, 6) is -0.147. The molecule has 5 nitrogen and oxygen atoms in total. The molecule has 0 bridgehead atoms. The molecule has 0 unspecified atom stereocenters. The second kappa shape index (κ2) is 5.43. The van der Waals surface area contributed by atoms with Crippen molar-refractivity contribution in [3.05, 3.63) is 63.6 Å². The summed E-state index contributed by atoms with van der Waals surface area (Å²) in [6.45, 7) is 3.83. The second-order valence-corrected chi connectivity index (χ2v) is 5.83. The first-order chi connectivity index (χ1) is 10.9. The summed E-state index contributed by atoms with van der Waals surface area (Å²) in [6.07, 6.45) is 0. The SMILES string of the molecule is Cc1cc2c(cc1NC(=O)c1ccccc1C)n(C)c(=O)n2C. The third-order valence-corrected chi connectivity index (χ3v) is 4.26. The van der Waals surface area contributed by atoms with E-state index in [-0.39, 0.29) is 11.6 Å². The number of aromatic nitrogens is 2. The molecule has 3 rings (SSSR count). The van der Waals surface area contributed by atoms with E-state index in [1.165, 1.54) is 0 Å². The maximum absolute atomic E-state index is 12.5. The van der Waals surface area contributed by atoms with Crippen LogP contribution in [0.2, 0.25) is 0 Å². The molecular weight excluding hydrogens is 290 g/mol. The van der Waals surface area contributed by atoms with Gasteiger partial charge in [-0.05, 0) is 43.2 Å². The standard InChI is InChI=1S/C18H19N3O2/c1-11-7-5-6-8-13(11)17(22)19-14-10-16-15(9-12(14)2)20(3)18(23)21(16)4/h5-10H,1-4H3,(H,19,22). The van der Waals surface area contributed by atoms with Crippen molar-refractivity contribution in [3.63, 3.8) is 0 Å². The first-order valence-corrected chi connectivity index (χ1v) is 7.43. The zero-order valence-corrected chi connectivity index (χ0v) is 13.7. The average molecular weight is 309 g/mol. The number of anilines is 1. The quantitative estimate of drug-likeness (QED) is 0.791. The Morgan fingerprint density at radius 2 is 1.57 bits per heavy atom. The molecular formula is C18H19N3O2. The van der Waals surface area contributed by atoms with Crippen LogP contribution < -0.4 is 11.0 Å². The molecule has 23 heavy (non-hydrogen) atoms. The van der Waals surface area contributed by atoms with E-state index in [4.69, 9.17) is 0 Å². The number of carbonyl (C=O) groups is 1. The van der Waals surface area contributed by atoms with Crippen LogP contribution in [0.15, 0.2) is 41.2 Å². The van der Waals surface area contributed by atoms with Gasteiger partial charge in [0.2, 0.25) is 0 Å². The van der Waals surface area contributed by atoms with Crippen LogP contribution in [-0.4, -0.2) is 15.0 Å². The van der Waals surface area contributed by atoms with E-state index in [9.17, 15) is 9.59 Å². The molecule has 1 aromatic heterocycles. The van der Waals surface area contributed by atoms with E-state index >= 15 is 0 Å². The van der Waals surface area contributed by atoms with E-state index in [0.717, 1.165) is 22.2 Å². The number of carbonyl (C=O) groups excluding carboxylic acids is 1. The molecule has 1 heterocycles. The van der Waals surface area contributed by atoms with Gasteiger partial charge in [0.1, 0.15) is 0 Å². The van der Waals surface area contributed by atoms with Crippen LogP contribution in [0.4, 0.5) is 5.69 Å². The fraction of sp³-hybridized carbons (Fsp3) is 0.222. The molecule has 1 N–H and O–H groups in total. The smallest absolute Gasteiger partial charge is 0.322 e. The van der Waals surface area contributed by atoms with Crippen molar-refractivity contribution >= 4 is 22.6 Å². The van der Waals surface area contributed by atoms with Gasteiger partial charge in [0, 0.05) is 25.3 Å². The van der Waals surface area contributed by atoms with E-state index in [1.807, 2.05) is 44.2 Å². The van der Waals surface area contributed by atoms with Crippen molar-refractivity contribution in [1.29, 1.82) is 0 Å². The highest BCUT2D eigenvalue weighted by molar-refractivity contribution is 6.06. The Morgan fingerprint density at radius 3 is 2.22 bits per heavy atom. The maximum atomic E-state index is 12.5. The lowest BCUT2D eigenvalue weighted by Crippen LogP contribution is -2.19. The molecule has 0 aliphatic carbocycles. The predicted octanol–water partition coefficient (Wildman–Crippen LogP) is 2.75. The second-order valence-electron chi connectivity index (χ2n) is 5.83. The molecule has 0 fully saturated rings. The normalized spacial score (nSPS) is 11.0. The van der Waals surface area contributed by atoms with Crippen molar-refractivity contribution in [1.82, 2.24) is 9.13 Å². The summed E-state index contributed by atoms with van der Waals surface area (Å²) in [5, 5.41) is 2.95. The Morgan fingerprint density at radius 1 is 0.957 bits per heavy atom. The van der Waals surface area contributed by atoms with Gasteiger partial charge in [-0.15, -0.1) is 0 Å². The average Bonchev–Trinajstić information content (AvgIpc) is 2.73. The highest BCUT2D eigenvalue weighted by atomic mass is 16.2. The molecule has 2 aromatic carbocycles. The zero-order valence-electron chi connectivity index (χ0n) is 13.7. The van der Waals surface area contributed by atoms with Crippen molar-refractivity contribution < 1.29 is 4.79 Å². The van der Waals surface area contributed by atoms with Gasteiger partial charge in [0.05, 0.1) is 11.0 Å². The highest BCUT2D eigenvalue weighted by Gasteiger charge is 2.14. The summed E-state index contributed by atoms with van der Waals surface area (Å²) >= 11 is 0. The Labute approximate surface area is 134 Å². The van der Waals surface area contributed by atoms with Gasteiger partial charge in [0.25, 0.3) is 5.91 Å². The number of rotatable bonds is 2. The van der Waals surface area contributed by atoms with Gasteiger partial charge in [-0.25, -0.2) is 4.79 Å². The highest BCUT2D eigenvalue weighted by Crippen LogP contribution is 2.23. The lowest BCUT2D eigenvalue weighted by Gasteiger charge is -2.11. The minimum Gasteiger partial charge on any atom is -0.322 e. The van der Waals surface area contributed by atoms with Gasteiger partial charge in [-0.2, -0.15) is 0 Å². The van der Waals surface area contributed by atoms with Crippen molar-refractivity contribution in [2.75, 3.05) is 5.32 Å². The van der Waals surface area contributed by atoms with E-state index in [0.29, 0.717) is 11.3 Å². The van der Waals surface area contributed by atoms with E-state index in [1.54, 1.807) is 29.3 Å². The van der Waals surface area contributed by atoms with Crippen LogP contribution in [0.5, 0.6) is 0 Å². The van der Waals surface area contributed by atoms with Crippen LogP contribution in [0, 0.1) is 13.8 Å². The summed E-state index contributed by atoms with van der Waals surface area (Å²) in [6, 6.07) is 11.2. The molecule has 0 aliphatic heterocycles. The van der Waals surface area contributed by atoms with Gasteiger partial charge in [-0.3, -0.25) is 13.9 Å². The molecule has 3 aromatic rings. The van der Waals surface area contributed by atoms with Gasteiger partial charge >= 0.3 is 5.69 Å². The number of imidazole rings is 1. The summed E-state index contributed by atoms with van der Waals surface area (Å²) in [4.78, 5) is 24.5. The molecule has 0 atom stereocenters. The molecule has 0 saturated carbocycles. The van der Waals surface area contributed by atoms with Crippen molar-refractivity contribution in [2.45, 2.75) is 13.8 Å². The molecule has 0 aliphatic rings. The first kappa shape index (κ1) is 15.1. The van der Waals surface area contributed by atoms with Gasteiger partial charge < -0.3 is 5.32 Å². The van der Waals surface area contributed by atoms with Gasteiger partial charge in [0.15, 0.2) is 0 Å². The van der Waals surface area contributed by atoms with E-state index in [2.05, 4.69) is 5.32 Å². The van der Waals surface area contributed by atoms with Crippen LogP contribution in [0.25, 0.3) is 11.0 Å². The predicted molar refractivity (Wildman–Crippen MR) is 92.0 cm³/mol. The third-order valence-electron chi connectivity index (χ3n) is 4.26. The van der Waals surface area contributed by atoms with Crippen LogP contribution in [0.3, 0.4) is 0 Å². The lowest BCUT2D eigenvalue weighted by atomic mass is 10.1. The molecule has 0 spiro atoms. The molecule has 118 valence electrons. The number of hydrogen-bond acceptors (Lipinski definition) is 2.